The fourth-order valence-electron chi connectivity index (χ4n) is 5.44. The largest absolute Gasteiger partial charge is 0.573 e. The van der Waals surface area contributed by atoms with Crippen molar-refractivity contribution >= 4 is 39.4 Å². The number of amides is 1. The second kappa shape index (κ2) is 14.5. The topological polar surface area (TPSA) is 140 Å². The number of halogens is 4. The summed E-state index contributed by atoms with van der Waals surface area (Å²) in [5.41, 5.74) is 0.212. The monoisotopic (exact) mass is 732 g/mol. The number of esters is 1. The van der Waals surface area contributed by atoms with Gasteiger partial charge in [0, 0.05) is 43.0 Å². The molecule has 6 rings (SSSR count). The normalized spacial score (nSPS) is 11.3. The van der Waals surface area contributed by atoms with Crippen molar-refractivity contribution in [1.29, 1.82) is 0 Å². The number of nitrogens with one attached hydrogen (secondary N) is 1. The van der Waals surface area contributed by atoms with Gasteiger partial charge in [-0.05, 0) is 49.4 Å². The lowest BCUT2D eigenvalue weighted by molar-refractivity contribution is -0.274. The number of aryl methyl sites for hydroxylation is 1. The number of rotatable bonds is 10. The van der Waals surface area contributed by atoms with Crippen molar-refractivity contribution in [2.45, 2.75) is 26.8 Å². The van der Waals surface area contributed by atoms with Crippen LogP contribution in [0.4, 0.5) is 23.2 Å². The van der Waals surface area contributed by atoms with Gasteiger partial charge in [-0.1, -0.05) is 18.2 Å². The molecule has 0 radical (unpaired) electrons. The lowest BCUT2D eigenvalue weighted by Gasteiger charge is -2.16. The zero-order chi connectivity index (χ0) is 38.0. The summed E-state index contributed by atoms with van der Waals surface area (Å²) in [5.74, 6) is -2.25. The Morgan fingerprint density at radius 2 is 1.66 bits per heavy atom. The minimum Gasteiger partial charge on any atom is -0.493 e. The molecule has 0 saturated carbocycles. The molecule has 0 bridgehead atoms. The number of methoxy groups -OCH3 is 1. The molecule has 272 valence electrons. The van der Waals surface area contributed by atoms with Crippen LogP contribution in [0.25, 0.3) is 21.8 Å². The second-order valence-corrected chi connectivity index (χ2v) is 11.5. The molecule has 2 aromatic heterocycles. The quantitative estimate of drug-likeness (QED) is 0.110. The molecular weight excluding hydrogens is 704 g/mol. The predicted octanol–water partition coefficient (Wildman–Crippen LogP) is 7.74. The smallest absolute Gasteiger partial charge is 0.493 e. The molecular formula is C37H28F4N4O8. The number of hydrogen-bond acceptors (Lipinski definition) is 10. The van der Waals surface area contributed by atoms with Crippen LogP contribution in [0.15, 0.2) is 83.9 Å². The first kappa shape index (κ1) is 36.1. The standard InChI is InChI=1S/C37H28F4N4O8/c1-19-33(34(47)25-14-23(53-37(39,40)41)10-11-28(25)45(19)3)35(48)44-22-9-12-30(26(38)13-22)52-36-24-15-31(49-4)32(16-27(24)42-18-43-36)51-29-8-6-5-7-21(29)17-50-20(2)46/h5-16,18H,17H2,1-4H3,(H,44,48). The molecule has 4 aromatic carbocycles. The van der Waals surface area contributed by atoms with Gasteiger partial charge in [0.2, 0.25) is 11.3 Å². The SMILES string of the molecule is COc1cc2c(Oc3ccc(NC(=O)c4c(C)n(C)c5ccc(OC(F)(F)F)cc5c4=O)cc3F)ncnc2cc1Oc1ccccc1COC(C)=O. The summed E-state index contributed by atoms with van der Waals surface area (Å²) in [6.07, 6.45) is -3.78. The molecule has 2 heterocycles. The number of carbonyl (C=O) groups is 2. The van der Waals surface area contributed by atoms with Gasteiger partial charge in [0.05, 0.1) is 28.9 Å². The summed E-state index contributed by atoms with van der Waals surface area (Å²) >= 11 is 0. The van der Waals surface area contributed by atoms with Gasteiger partial charge < -0.3 is 33.6 Å². The van der Waals surface area contributed by atoms with E-state index < -0.39 is 35.2 Å². The van der Waals surface area contributed by atoms with Crippen LogP contribution in [-0.2, 0) is 23.2 Å². The number of anilines is 1. The van der Waals surface area contributed by atoms with E-state index in [2.05, 4.69) is 20.0 Å². The van der Waals surface area contributed by atoms with Crippen molar-refractivity contribution < 1.29 is 50.8 Å². The Hall–Kier alpha value is -6.71. The van der Waals surface area contributed by atoms with Gasteiger partial charge in [0.25, 0.3) is 5.91 Å². The average molecular weight is 733 g/mol. The zero-order valence-corrected chi connectivity index (χ0v) is 28.3. The molecule has 0 aliphatic heterocycles. The summed E-state index contributed by atoms with van der Waals surface area (Å²) in [4.78, 5) is 46.5. The molecule has 0 saturated heterocycles. The highest BCUT2D eigenvalue weighted by Gasteiger charge is 2.31. The van der Waals surface area contributed by atoms with Gasteiger partial charge in [0.1, 0.15) is 30.0 Å². The zero-order valence-electron chi connectivity index (χ0n) is 28.3. The van der Waals surface area contributed by atoms with Crippen LogP contribution in [0.3, 0.4) is 0 Å². The Kier molecular flexibility index (Phi) is 9.87. The number of pyridine rings is 1. The fraction of sp³-hybridized carbons (Fsp3) is 0.162. The van der Waals surface area contributed by atoms with Gasteiger partial charge in [-0.15, -0.1) is 13.2 Å². The van der Waals surface area contributed by atoms with Gasteiger partial charge in [-0.2, -0.15) is 0 Å². The number of carbonyl (C=O) groups excluding carboxylic acids is 2. The minimum absolute atomic E-state index is 0.0119. The van der Waals surface area contributed by atoms with E-state index in [4.69, 9.17) is 18.9 Å². The summed E-state index contributed by atoms with van der Waals surface area (Å²) in [7, 11) is 2.96. The van der Waals surface area contributed by atoms with Crippen molar-refractivity contribution in [2.24, 2.45) is 7.05 Å². The Morgan fingerprint density at radius 3 is 2.38 bits per heavy atom. The molecule has 16 heteroatoms. The van der Waals surface area contributed by atoms with Crippen molar-refractivity contribution in [3.63, 3.8) is 0 Å². The van der Waals surface area contributed by atoms with E-state index in [1.54, 1.807) is 36.4 Å². The number of nitrogens with zero attached hydrogens (tertiary/aromatic N) is 3. The van der Waals surface area contributed by atoms with Crippen LogP contribution >= 0.6 is 0 Å². The number of aromatic nitrogens is 3. The van der Waals surface area contributed by atoms with Crippen molar-refractivity contribution in [3.05, 3.63) is 112 Å². The van der Waals surface area contributed by atoms with Gasteiger partial charge in [-0.25, -0.2) is 14.4 Å². The van der Waals surface area contributed by atoms with E-state index in [0.29, 0.717) is 22.2 Å². The van der Waals surface area contributed by atoms with E-state index in [1.807, 2.05) is 0 Å². The number of benzene rings is 4. The van der Waals surface area contributed by atoms with Crippen LogP contribution in [0, 0.1) is 12.7 Å². The van der Waals surface area contributed by atoms with E-state index in [1.165, 1.54) is 57.1 Å². The highest BCUT2D eigenvalue weighted by atomic mass is 19.4. The molecule has 6 aromatic rings. The van der Waals surface area contributed by atoms with Gasteiger partial charge in [-0.3, -0.25) is 14.4 Å². The first-order chi connectivity index (χ1) is 25.2. The molecule has 1 amide bonds. The molecule has 1 N–H and O–H groups in total. The number of fused-ring (bicyclic) bond motifs is 2. The number of hydrogen-bond donors (Lipinski definition) is 1. The summed E-state index contributed by atoms with van der Waals surface area (Å²) in [5, 5.41) is 2.62. The highest BCUT2D eigenvalue weighted by molar-refractivity contribution is 6.07. The molecule has 12 nitrogen and oxygen atoms in total. The maximum Gasteiger partial charge on any atom is 0.573 e. The van der Waals surface area contributed by atoms with Gasteiger partial charge >= 0.3 is 12.3 Å². The third kappa shape index (κ3) is 7.80. The van der Waals surface area contributed by atoms with Crippen LogP contribution in [-0.4, -0.2) is 39.9 Å². The summed E-state index contributed by atoms with van der Waals surface area (Å²) in [6.45, 7) is 2.78. The fourth-order valence-corrected chi connectivity index (χ4v) is 5.44. The lowest BCUT2D eigenvalue weighted by atomic mass is 10.1. The van der Waals surface area contributed by atoms with E-state index in [-0.39, 0.29) is 57.6 Å². The molecule has 0 aliphatic carbocycles. The van der Waals surface area contributed by atoms with Crippen LogP contribution in [0.1, 0.15) is 28.5 Å². The van der Waals surface area contributed by atoms with Crippen molar-refractivity contribution in [2.75, 3.05) is 12.4 Å². The molecule has 0 fully saturated rings. The van der Waals surface area contributed by atoms with E-state index in [9.17, 15) is 27.6 Å². The molecule has 0 atom stereocenters. The first-order valence-corrected chi connectivity index (χ1v) is 15.6. The van der Waals surface area contributed by atoms with Crippen molar-refractivity contribution in [3.8, 4) is 34.6 Å². The van der Waals surface area contributed by atoms with Crippen molar-refractivity contribution in [1.82, 2.24) is 14.5 Å². The molecule has 0 aliphatic rings. The maximum absolute atomic E-state index is 15.4. The third-order valence-electron chi connectivity index (χ3n) is 8.03. The van der Waals surface area contributed by atoms with Crippen LogP contribution in [0.5, 0.6) is 34.6 Å². The number of para-hydroxylation sites is 1. The highest BCUT2D eigenvalue weighted by Crippen LogP contribution is 2.39. The lowest BCUT2D eigenvalue weighted by Crippen LogP contribution is -2.26. The Bertz CT molecular complexity index is 2470. The van der Waals surface area contributed by atoms with E-state index >= 15 is 4.39 Å². The Morgan fingerprint density at radius 1 is 0.887 bits per heavy atom. The molecule has 0 unspecified atom stereocenters. The Labute approximate surface area is 297 Å². The van der Waals surface area contributed by atoms with Crippen LogP contribution < -0.4 is 29.7 Å². The Balaban J connectivity index is 1.25. The molecule has 53 heavy (non-hydrogen) atoms. The summed E-state index contributed by atoms with van der Waals surface area (Å²) in [6, 6.07) is 16.8. The third-order valence-corrected chi connectivity index (χ3v) is 8.03. The predicted molar refractivity (Wildman–Crippen MR) is 183 cm³/mol. The second-order valence-electron chi connectivity index (χ2n) is 11.5. The minimum atomic E-state index is -4.99. The van der Waals surface area contributed by atoms with Gasteiger partial charge in [0.15, 0.2) is 23.1 Å². The number of alkyl halides is 3. The molecule has 0 spiro atoms. The van der Waals surface area contributed by atoms with Crippen LogP contribution in [0.2, 0.25) is 0 Å². The van der Waals surface area contributed by atoms with E-state index in [0.717, 1.165) is 18.2 Å². The summed E-state index contributed by atoms with van der Waals surface area (Å²) < 4.78 is 81.9. The average Bonchev–Trinajstić information content (AvgIpc) is 3.10. The first-order valence-electron chi connectivity index (χ1n) is 15.6. The maximum atomic E-state index is 15.4. The number of ether oxygens (including phenoxy) is 5.